The van der Waals surface area contributed by atoms with Gasteiger partial charge in [-0.25, -0.2) is 3.63 Å². The summed E-state index contributed by atoms with van der Waals surface area (Å²) >= 11 is 0. The molecule has 0 atom stereocenters. The maximum atomic E-state index is 13.9. The van der Waals surface area contributed by atoms with Crippen LogP contribution in [0.15, 0.2) is 30.3 Å². The van der Waals surface area contributed by atoms with E-state index in [-0.39, 0.29) is 17.3 Å². The van der Waals surface area contributed by atoms with E-state index in [4.69, 9.17) is 0 Å². The maximum absolute atomic E-state index is 13.9. The molecule has 0 saturated heterocycles. The molecule has 170 valence electrons. The van der Waals surface area contributed by atoms with E-state index in [2.05, 4.69) is 3.63 Å². The Morgan fingerprint density at radius 2 is 1.24 bits per heavy atom. The molecule has 0 heterocycles. The first-order chi connectivity index (χ1) is 12.9. The molecule has 14 heteroatoms. The third-order valence-electron chi connectivity index (χ3n) is 3.99. The molecule has 1 rings (SSSR count). The first kappa shape index (κ1) is 25.9. The normalized spacial score (nSPS) is 15.4. The molecule has 0 unspecified atom stereocenters. The molecule has 1 aromatic rings. The highest BCUT2D eigenvalue weighted by atomic mass is 32.3. The van der Waals surface area contributed by atoms with E-state index in [0.29, 0.717) is 5.56 Å². The Hall–Kier alpha value is -1.15. The highest BCUT2D eigenvalue weighted by Crippen LogP contribution is 2.59. The van der Waals surface area contributed by atoms with Crippen LogP contribution >= 0.6 is 10.3 Å². The number of alkyl halides is 9. The number of benzene rings is 1. The van der Waals surface area contributed by atoms with E-state index < -0.39 is 43.7 Å². The second-order valence-electron chi connectivity index (χ2n) is 5.86. The summed E-state index contributed by atoms with van der Waals surface area (Å²) in [5, 5.41) is -6.85. The van der Waals surface area contributed by atoms with Crippen LogP contribution < -0.4 is 0 Å². The van der Waals surface area contributed by atoms with Gasteiger partial charge in [-0.2, -0.15) is 47.9 Å². The molecule has 0 aliphatic rings. The maximum Gasteiger partial charge on any atom is 0.460 e. The van der Waals surface area contributed by atoms with Gasteiger partial charge in [-0.15, -0.1) is 10.3 Å². The summed E-state index contributed by atoms with van der Waals surface area (Å²) in [7, 11) is -10.0. The quantitative estimate of drug-likeness (QED) is 0.425. The highest BCUT2D eigenvalue weighted by molar-refractivity contribution is 8.32. The van der Waals surface area contributed by atoms with Crippen LogP contribution in [0.4, 0.5) is 39.5 Å². The van der Waals surface area contributed by atoms with E-state index >= 15 is 0 Å². The van der Waals surface area contributed by atoms with E-state index in [1.165, 1.54) is 38.1 Å². The van der Waals surface area contributed by atoms with Gasteiger partial charge in [0.1, 0.15) is 0 Å². The van der Waals surface area contributed by atoms with Crippen LogP contribution in [-0.4, -0.2) is 43.2 Å². The Morgan fingerprint density at radius 3 is 1.62 bits per heavy atom. The lowest BCUT2D eigenvalue weighted by atomic mass is 10.1. The molecule has 0 aromatic heterocycles. The SMILES string of the molecule is CCS(CC)(Cc1ccccc1)OS(=O)(=O)C(F)(F)C(F)(F)C(F)(F)C(F)(F)F. The van der Waals surface area contributed by atoms with Gasteiger partial charge in [0.15, 0.2) is 0 Å². The Labute approximate surface area is 162 Å². The van der Waals surface area contributed by atoms with Crippen LogP contribution in [0.3, 0.4) is 0 Å². The van der Waals surface area contributed by atoms with Crippen molar-refractivity contribution >= 4 is 20.4 Å². The minimum Gasteiger partial charge on any atom is -0.215 e. The van der Waals surface area contributed by atoms with Gasteiger partial charge in [0.2, 0.25) is 0 Å². The summed E-state index contributed by atoms with van der Waals surface area (Å²) in [6.07, 6.45) is -7.13. The van der Waals surface area contributed by atoms with Crippen molar-refractivity contribution in [1.82, 2.24) is 0 Å². The standard InChI is InChI=1S/C15H17F9O3S2/c1-3-28(4-2,10-11-8-6-5-7-9-11)27-29(25,26)15(23,24)13(18,19)12(16,17)14(20,21)22/h5-9H,3-4,10H2,1-2H3. The van der Waals surface area contributed by atoms with Crippen molar-refractivity contribution in [2.45, 2.75) is 42.9 Å². The zero-order valence-electron chi connectivity index (χ0n) is 15.0. The van der Waals surface area contributed by atoms with Gasteiger partial charge >= 0.3 is 33.4 Å². The summed E-state index contributed by atoms with van der Waals surface area (Å²) in [5.74, 6) is -15.5. The monoisotopic (exact) mass is 480 g/mol. The van der Waals surface area contributed by atoms with Crippen molar-refractivity contribution < 1.29 is 51.6 Å². The van der Waals surface area contributed by atoms with E-state index in [1.54, 1.807) is 6.07 Å². The molecule has 0 amide bonds. The molecular formula is C15H17F9O3S2. The van der Waals surface area contributed by atoms with Crippen LogP contribution in [0.5, 0.6) is 0 Å². The van der Waals surface area contributed by atoms with Crippen molar-refractivity contribution in [3.63, 3.8) is 0 Å². The second kappa shape index (κ2) is 8.17. The minimum atomic E-state index is -7.32. The fourth-order valence-corrected chi connectivity index (χ4v) is 7.04. The van der Waals surface area contributed by atoms with Crippen LogP contribution in [0.2, 0.25) is 0 Å². The molecule has 0 N–H and O–H groups in total. The Bertz CT molecular complexity index is 789. The largest absolute Gasteiger partial charge is 0.460 e. The van der Waals surface area contributed by atoms with E-state index in [9.17, 15) is 47.9 Å². The smallest absolute Gasteiger partial charge is 0.215 e. The lowest BCUT2D eigenvalue weighted by molar-refractivity contribution is -0.382. The third-order valence-corrected chi connectivity index (χ3v) is 9.71. The molecule has 0 spiro atoms. The van der Waals surface area contributed by atoms with Crippen molar-refractivity contribution in [1.29, 1.82) is 0 Å². The lowest BCUT2D eigenvalue weighted by Crippen LogP contribution is -2.63. The molecule has 3 nitrogen and oxygen atoms in total. The fourth-order valence-electron chi connectivity index (χ4n) is 2.16. The van der Waals surface area contributed by atoms with Crippen molar-refractivity contribution in [2.75, 3.05) is 11.5 Å². The number of halogens is 9. The summed E-state index contributed by atoms with van der Waals surface area (Å²) in [6.45, 7) is 2.58. The number of hydrogen-bond donors (Lipinski definition) is 0. The van der Waals surface area contributed by atoms with Crippen LogP contribution in [0.25, 0.3) is 0 Å². The van der Waals surface area contributed by atoms with Gasteiger partial charge in [-0.3, -0.25) is 0 Å². The van der Waals surface area contributed by atoms with E-state index in [0.717, 1.165) is 0 Å². The third kappa shape index (κ3) is 4.63. The molecule has 29 heavy (non-hydrogen) atoms. The van der Waals surface area contributed by atoms with Gasteiger partial charge in [0.25, 0.3) is 0 Å². The molecule has 0 fully saturated rings. The van der Waals surface area contributed by atoms with Gasteiger partial charge < -0.3 is 0 Å². The predicted molar refractivity (Wildman–Crippen MR) is 89.7 cm³/mol. The minimum absolute atomic E-state index is 0.269. The van der Waals surface area contributed by atoms with Crippen molar-refractivity contribution in [2.24, 2.45) is 0 Å². The van der Waals surface area contributed by atoms with Crippen LogP contribution in [0, 0.1) is 0 Å². The zero-order chi connectivity index (χ0) is 22.9. The molecule has 0 radical (unpaired) electrons. The summed E-state index contributed by atoms with van der Waals surface area (Å²) in [5.41, 5.74) is 0.372. The fraction of sp³-hybridized carbons (Fsp3) is 0.600. The Balaban J connectivity index is 3.39. The predicted octanol–water partition coefficient (Wildman–Crippen LogP) is 5.72. The Kier molecular flexibility index (Phi) is 7.30. The number of hydrogen-bond acceptors (Lipinski definition) is 3. The van der Waals surface area contributed by atoms with Crippen LogP contribution in [-0.2, 0) is 19.5 Å². The zero-order valence-corrected chi connectivity index (χ0v) is 16.6. The topological polar surface area (TPSA) is 43.4 Å². The average Bonchev–Trinajstić information content (AvgIpc) is 2.60. The molecule has 0 aliphatic heterocycles. The van der Waals surface area contributed by atoms with Gasteiger partial charge in [-0.05, 0) is 17.1 Å². The molecular weight excluding hydrogens is 463 g/mol. The summed E-state index contributed by atoms with van der Waals surface area (Å²) < 4.78 is 146. The first-order valence-electron chi connectivity index (χ1n) is 7.87. The first-order valence-corrected chi connectivity index (χ1v) is 11.3. The molecule has 0 aliphatic carbocycles. The van der Waals surface area contributed by atoms with Crippen molar-refractivity contribution in [3.05, 3.63) is 35.9 Å². The summed E-state index contributed by atoms with van der Waals surface area (Å²) in [4.78, 5) is 0. The number of rotatable bonds is 9. The van der Waals surface area contributed by atoms with Gasteiger partial charge in [0, 0.05) is 5.75 Å². The van der Waals surface area contributed by atoms with E-state index in [1.807, 2.05) is 0 Å². The van der Waals surface area contributed by atoms with Gasteiger partial charge in [-0.1, -0.05) is 44.2 Å². The average molecular weight is 480 g/mol. The Morgan fingerprint density at radius 1 is 0.793 bits per heavy atom. The van der Waals surface area contributed by atoms with Gasteiger partial charge in [0.05, 0.1) is 0 Å². The highest BCUT2D eigenvalue weighted by Gasteiger charge is 2.86. The molecule has 1 aromatic carbocycles. The molecule has 0 saturated carbocycles. The lowest BCUT2D eigenvalue weighted by Gasteiger charge is -2.39. The molecule has 0 bridgehead atoms. The summed E-state index contributed by atoms with van der Waals surface area (Å²) in [6, 6.07) is 7.49. The van der Waals surface area contributed by atoms with Crippen LogP contribution in [0.1, 0.15) is 19.4 Å². The second-order valence-corrected chi connectivity index (χ2v) is 11.2. The van der Waals surface area contributed by atoms with Crippen molar-refractivity contribution in [3.8, 4) is 0 Å².